The fourth-order valence-corrected chi connectivity index (χ4v) is 3.39. The number of hydrogen-bond acceptors (Lipinski definition) is 5. The quantitative estimate of drug-likeness (QED) is 0.591. The van der Waals surface area contributed by atoms with E-state index in [1.165, 1.54) is 19.2 Å². The van der Waals surface area contributed by atoms with Crippen LogP contribution in [0, 0.1) is 5.92 Å². The second-order valence-electron chi connectivity index (χ2n) is 5.67. The summed E-state index contributed by atoms with van der Waals surface area (Å²) in [5.41, 5.74) is 0.651. The largest absolute Gasteiger partial charge is 0.469 e. The van der Waals surface area contributed by atoms with Crippen molar-refractivity contribution in [2.75, 3.05) is 7.11 Å². The van der Waals surface area contributed by atoms with E-state index in [9.17, 15) is 13.2 Å². The van der Waals surface area contributed by atoms with Crippen LogP contribution in [-0.2, 0) is 19.6 Å². The van der Waals surface area contributed by atoms with Gasteiger partial charge in [-0.25, -0.2) is 0 Å². The van der Waals surface area contributed by atoms with Crippen LogP contribution in [0.4, 0.5) is 0 Å². The molecule has 0 bridgehead atoms. The van der Waals surface area contributed by atoms with Crippen LogP contribution in [0.5, 0.6) is 5.75 Å². The molecule has 0 fully saturated rings. The Bertz CT molecular complexity index is 797. The Hall–Kier alpha value is -2.34. The number of benzene rings is 2. The number of rotatable bonds is 6. The molecular weight excluding hydrogens is 328 g/mol. The number of esters is 1. The summed E-state index contributed by atoms with van der Waals surface area (Å²) in [5.74, 6) is -0.699. The number of carbonyl (C=O) groups is 1. The first-order valence-electron chi connectivity index (χ1n) is 7.52. The highest BCUT2D eigenvalue weighted by Gasteiger charge is 2.26. The van der Waals surface area contributed by atoms with Crippen molar-refractivity contribution >= 4 is 16.1 Å². The molecule has 2 rings (SSSR count). The molecule has 0 spiro atoms. The molecule has 2 aromatic carbocycles. The molecule has 5 nitrogen and oxygen atoms in total. The first kappa shape index (κ1) is 18.0. The lowest BCUT2D eigenvalue weighted by atomic mass is 9.88. The molecule has 6 heteroatoms. The molecular formula is C18H20O5S. The summed E-state index contributed by atoms with van der Waals surface area (Å²) >= 11 is 0. The Morgan fingerprint density at radius 2 is 1.67 bits per heavy atom. The maximum atomic E-state index is 12.3. The van der Waals surface area contributed by atoms with E-state index in [0.29, 0.717) is 5.56 Å². The molecule has 2 aromatic rings. The SMILES string of the molecule is COC(=O)C(c1cccc(OS(=O)(=O)c2ccccc2)c1)C(C)C. The predicted octanol–water partition coefficient (Wildman–Crippen LogP) is 3.37. The normalized spacial score (nSPS) is 12.7. The first-order chi connectivity index (χ1) is 11.3. The second kappa shape index (κ2) is 7.49. The summed E-state index contributed by atoms with van der Waals surface area (Å²) in [4.78, 5) is 12.1. The summed E-state index contributed by atoms with van der Waals surface area (Å²) in [6, 6.07) is 14.4. The van der Waals surface area contributed by atoms with Gasteiger partial charge in [0.1, 0.15) is 10.6 Å². The molecule has 1 atom stereocenters. The zero-order valence-electron chi connectivity index (χ0n) is 13.8. The molecule has 0 radical (unpaired) electrons. The Morgan fingerprint density at radius 3 is 2.25 bits per heavy atom. The van der Waals surface area contributed by atoms with Crippen molar-refractivity contribution in [1.82, 2.24) is 0 Å². The standard InChI is InChI=1S/C18H20O5S/c1-13(2)17(18(19)22-3)14-8-7-9-15(12-14)23-24(20,21)16-10-5-4-6-11-16/h4-13,17H,1-3H3. The molecule has 0 saturated heterocycles. The van der Waals surface area contributed by atoms with Crippen LogP contribution in [0.25, 0.3) is 0 Å². The molecule has 0 amide bonds. The average molecular weight is 348 g/mol. The van der Waals surface area contributed by atoms with E-state index in [1.807, 2.05) is 13.8 Å². The lowest BCUT2D eigenvalue weighted by Gasteiger charge is -2.19. The predicted molar refractivity (Wildman–Crippen MR) is 90.3 cm³/mol. The third-order valence-electron chi connectivity index (χ3n) is 3.58. The van der Waals surface area contributed by atoms with Crippen molar-refractivity contribution in [1.29, 1.82) is 0 Å². The number of ether oxygens (including phenoxy) is 1. The van der Waals surface area contributed by atoms with Crippen molar-refractivity contribution in [2.45, 2.75) is 24.7 Å². The fourth-order valence-electron chi connectivity index (χ4n) is 2.44. The van der Waals surface area contributed by atoms with Crippen LogP contribution in [0.1, 0.15) is 25.3 Å². The minimum atomic E-state index is -3.92. The van der Waals surface area contributed by atoms with Gasteiger partial charge in [0.2, 0.25) is 0 Å². The highest BCUT2D eigenvalue weighted by molar-refractivity contribution is 7.87. The fraction of sp³-hybridized carbons (Fsp3) is 0.278. The zero-order chi connectivity index (χ0) is 17.7. The van der Waals surface area contributed by atoms with Crippen LogP contribution in [0.2, 0.25) is 0 Å². The molecule has 0 aliphatic heterocycles. The van der Waals surface area contributed by atoms with Crippen molar-refractivity contribution in [3.05, 3.63) is 60.2 Å². The topological polar surface area (TPSA) is 69.7 Å². The van der Waals surface area contributed by atoms with E-state index >= 15 is 0 Å². The summed E-state index contributed by atoms with van der Waals surface area (Å²) < 4.78 is 34.6. The van der Waals surface area contributed by atoms with Crippen LogP contribution in [-0.4, -0.2) is 21.5 Å². The van der Waals surface area contributed by atoms with E-state index in [2.05, 4.69) is 0 Å². The highest BCUT2D eigenvalue weighted by Crippen LogP contribution is 2.29. The van der Waals surface area contributed by atoms with Gasteiger partial charge in [0.05, 0.1) is 13.0 Å². The van der Waals surface area contributed by atoms with E-state index in [0.717, 1.165) is 0 Å². The van der Waals surface area contributed by atoms with Gasteiger partial charge in [-0.1, -0.05) is 44.2 Å². The van der Waals surface area contributed by atoms with Gasteiger partial charge in [-0.05, 0) is 35.7 Å². The van der Waals surface area contributed by atoms with E-state index in [1.54, 1.807) is 42.5 Å². The third-order valence-corrected chi connectivity index (χ3v) is 4.84. The summed E-state index contributed by atoms with van der Waals surface area (Å²) in [5, 5.41) is 0. The molecule has 0 aliphatic rings. The zero-order valence-corrected chi connectivity index (χ0v) is 14.6. The molecule has 0 saturated carbocycles. The van der Waals surface area contributed by atoms with Gasteiger partial charge >= 0.3 is 16.1 Å². The number of hydrogen-bond donors (Lipinski definition) is 0. The van der Waals surface area contributed by atoms with Gasteiger partial charge in [0.15, 0.2) is 0 Å². The molecule has 128 valence electrons. The summed E-state index contributed by atoms with van der Waals surface area (Å²) in [6.07, 6.45) is 0. The molecule has 24 heavy (non-hydrogen) atoms. The van der Waals surface area contributed by atoms with E-state index < -0.39 is 16.0 Å². The van der Waals surface area contributed by atoms with Gasteiger partial charge in [0.25, 0.3) is 0 Å². The average Bonchev–Trinajstić information content (AvgIpc) is 2.55. The summed E-state index contributed by atoms with van der Waals surface area (Å²) in [7, 11) is -2.59. The molecule has 0 aromatic heterocycles. The summed E-state index contributed by atoms with van der Waals surface area (Å²) in [6.45, 7) is 3.80. The lowest BCUT2D eigenvalue weighted by Crippen LogP contribution is -2.19. The third kappa shape index (κ3) is 4.14. The van der Waals surface area contributed by atoms with Crippen LogP contribution < -0.4 is 4.18 Å². The van der Waals surface area contributed by atoms with Crippen LogP contribution in [0.15, 0.2) is 59.5 Å². The Kier molecular flexibility index (Phi) is 5.62. The van der Waals surface area contributed by atoms with Gasteiger partial charge in [0, 0.05) is 0 Å². The number of carbonyl (C=O) groups excluding carboxylic acids is 1. The number of methoxy groups -OCH3 is 1. The smallest absolute Gasteiger partial charge is 0.339 e. The lowest BCUT2D eigenvalue weighted by molar-refractivity contribution is -0.143. The second-order valence-corrected chi connectivity index (χ2v) is 7.21. The monoisotopic (exact) mass is 348 g/mol. The Morgan fingerprint density at radius 1 is 1.00 bits per heavy atom. The maximum Gasteiger partial charge on any atom is 0.339 e. The minimum absolute atomic E-state index is 0.00145. The van der Waals surface area contributed by atoms with Crippen LogP contribution >= 0.6 is 0 Å². The minimum Gasteiger partial charge on any atom is -0.469 e. The van der Waals surface area contributed by atoms with Crippen molar-refractivity contribution < 1.29 is 22.1 Å². The van der Waals surface area contributed by atoms with Gasteiger partial charge in [-0.15, -0.1) is 0 Å². The van der Waals surface area contributed by atoms with Gasteiger partial charge in [-0.3, -0.25) is 4.79 Å². The van der Waals surface area contributed by atoms with E-state index in [4.69, 9.17) is 8.92 Å². The maximum absolute atomic E-state index is 12.3. The molecule has 0 N–H and O–H groups in total. The Labute approximate surface area is 142 Å². The van der Waals surface area contributed by atoms with Crippen molar-refractivity contribution in [3.8, 4) is 5.75 Å². The molecule has 1 unspecified atom stereocenters. The molecule has 0 heterocycles. The van der Waals surface area contributed by atoms with Crippen molar-refractivity contribution in [2.24, 2.45) is 5.92 Å². The van der Waals surface area contributed by atoms with E-state index in [-0.39, 0.29) is 22.5 Å². The molecule has 0 aliphatic carbocycles. The first-order valence-corrected chi connectivity index (χ1v) is 8.93. The van der Waals surface area contributed by atoms with Crippen LogP contribution in [0.3, 0.4) is 0 Å². The van der Waals surface area contributed by atoms with Gasteiger partial charge in [-0.2, -0.15) is 8.42 Å². The highest BCUT2D eigenvalue weighted by atomic mass is 32.2. The van der Waals surface area contributed by atoms with Gasteiger partial charge < -0.3 is 8.92 Å². The van der Waals surface area contributed by atoms with Crippen molar-refractivity contribution in [3.63, 3.8) is 0 Å². The Balaban J connectivity index is 2.32.